The van der Waals surface area contributed by atoms with Crippen molar-refractivity contribution in [3.63, 3.8) is 0 Å². The molecule has 0 aliphatic heterocycles. The summed E-state index contributed by atoms with van der Waals surface area (Å²) >= 11 is 0. The molecular weight excluding hydrogens is 287 g/mol. The van der Waals surface area contributed by atoms with Gasteiger partial charge in [0.15, 0.2) is 5.82 Å². The molecule has 3 aromatic rings. The van der Waals surface area contributed by atoms with Crippen LogP contribution in [0.15, 0.2) is 63.9 Å². The lowest BCUT2D eigenvalue weighted by Crippen LogP contribution is -2.19. The van der Waals surface area contributed by atoms with E-state index in [4.69, 9.17) is 9.26 Å². The van der Waals surface area contributed by atoms with Crippen molar-refractivity contribution in [3.8, 4) is 17.1 Å². The van der Waals surface area contributed by atoms with Gasteiger partial charge in [-0.2, -0.15) is 0 Å². The van der Waals surface area contributed by atoms with Crippen molar-refractivity contribution in [1.82, 2.24) is 9.72 Å². The standard InChI is InChI=1S/C16H13FN2O3/c17-13-6-8-14(9-7-13)21-11-10-19-15(18-22-16(19)20)12-4-2-1-3-5-12/h1-9H,10-11H2. The average Bonchev–Trinajstić information content (AvgIpc) is 2.91. The third kappa shape index (κ3) is 3.06. The van der Waals surface area contributed by atoms with Gasteiger partial charge < -0.3 is 4.74 Å². The molecule has 1 heterocycles. The highest BCUT2D eigenvalue weighted by atomic mass is 19.1. The van der Waals surface area contributed by atoms with Crippen molar-refractivity contribution >= 4 is 0 Å². The second kappa shape index (κ2) is 6.26. The monoisotopic (exact) mass is 300 g/mol. The SMILES string of the molecule is O=c1onc(-c2ccccc2)n1CCOc1ccc(F)cc1. The van der Waals surface area contributed by atoms with Crippen molar-refractivity contribution in [2.75, 3.05) is 6.61 Å². The Bertz CT molecular complexity index is 794. The highest BCUT2D eigenvalue weighted by molar-refractivity contribution is 5.54. The summed E-state index contributed by atoms with van der Waals surface area (Å²) in [5, 5.41) is 3.79. The zero-order valence-corrected chi connectivity index (χ0v) is 11.6. The van der Waals surface area contributed by atoms with Gasteiger partial charge in [0.25, 0.3) is 0 Å². The number of hydrogen-bond donors (Lipinski definition) is 0. The maximum Gasteiger partial charge on any atom is 0.441 e. The molecule has 0 aliphatic rings. The minimum atomic E-state index is -0.540. The van der Waals surface area contributed by atoms with Gasteiger partial charge in [-0.3, -0.25) is 9.09 Å². The Kier molecular flexibility index (Phi) is 4.00. The average molecular weight is 300 g/mol. The van der Waals surface area contributed by atoms with Crippen LogP contribution < -0.4 is 10.5 Å². The molecule has 0 saturated carbocycles. The van der Waals surface area contributed by atoms with E-state index < -0.39 is 5.76 Å². The maximum atomic E-state index is 12.8. The molecule has 112 valence electrons. The Morgan fingerprint density at radius 2 is 1.82 bits per heavy atom. The molecule has 0 fully saturated rings. The van der Waals surface area contributed by atoms with Crippen LogP contribution in [0.3, 0.4) is 0 Å². The lowest BCUT2D eigenvalue weighted by Gasteiger charge is -2.07. The summed E-state index contributed by atoms with van der Waals surface area (Å²) in [5.74, 6) is 0.121. The fourth-order valence-electron chi connectivity index (χ4n) is 2.05. The van der Waals surface area contributed by atoms with E-state index in [1.54, 1.807) is 0 Å². The predicted molar refractivity (Wildman–Crippen MR) is 78.1 cm³/mol. The lowest BCUT2D eigenvalue weighted by atomic mass is 10.2. The molecular formula is C16H13FN2O3. The van der Waals surface area contributed by atoms with Crippen LogP contribution in [0.25, 0.3) is 11.4 Å². The first-order valence-corrected chi connectivity index (χ1v) is 6.74. The van der Waals surface area contributed by atoms with Crippen LogP contribution in [0.2, 0.25) is 0 Å². The zero-order chi connectivity index (χ0) is 15.4. The fourth-order valence-corrected chi connectivity index (χ4v) is 2.05. The molecule has 0 spiro atoms. The molecule has 0 amide bonds. The number of halogens is 1. The van der Waals surface area contributed by atoms with Crippen LogP contribution >= 0.6 is 0 Å². The zero-order valence-electron chi connectivity index (χ0n) is 11.6. The van der Waals surface area contributed by atoms with Gasteiger partial charge in [0.05, 0.1) is 6.54 Å². The van der Waals surface area contributed by atoms with Crippen LogP contribution in [-0.4, -0.2) is 16.3 Å². The molecule has 0 unspecified atom stereocenters. The van der Waals surface area contributed by atoms with Crippen LogP contribution in [0.5, 0.6) is 5.75 Å². The van der Waals surface area contributed by atoms with Crippen LogP contribution in [0.1, 0.15) is 0 Å². The summed E-state index contributed by atoms with van der Waals surface area (Å²) in [4.78, 5) is 11.7. The maximum absolute atomic E-state index is 12.8. The summed E-state index contributed by atoms with van der Waals surface area (Å²) in [6.45, 7) is 0.524. The van der Waals surface area contributed by atoms with E-state index >= 15 is 0 Å². The Morgan fingerprint density at radius 3 is 2.55 bits per heavy atom. The summed E-state index contributed by atoms with van der Waals surface area (Å²) in [6.07, 6.45) is 0. The topological polar surface area (TPSA) is 57.3 Å². The van der Waals surface area contributed by atoms with Crippen LogP contribution in [0.4, 0.5) is 4.39 Å². The first kappa shape index (κ1) is 14.1. The Labute approximate surface area is 125 Å². The number of ether oxygens (including phenoxy) is 1. The highest BCUT2D eigenvalue weighted by Gasteiger charge is 2.12. The smallest absolute Gasteiger partial charge is 0.441 e. The lowest BCUT2D eigenvalue weighted by molar-refractivity contribution is 0.290. The number of aromatic nitrogens is 2. The molecule has 22 heavy (non-hydrogen) atoms. The van der Waals surface area contributed by atoms with E-state index in [0.717, 1.165) is 5.56 Å². The van der Waals surface area contributed by atoms with Crippen molar-refractivity contribution in [1.29, 1.82) is 0 Å². The van der Waals surface area contributed by atoms with E-state index in [9.17, 15) is 9.18 Å². The molecule has 6 heteroatoms. The minimum absolute atomic E-state index is 0.243. The van der Waals surface area contributed by atoms with Crippen molar-refractivity contribution < 1.29 is 13.7 Å². The summed E-state index contributed by atoms with van der Waals surface area (Å²) in [7, 11) is 0. The van der Waals surface area contributed by atoms with Gasteiger partial charge in [-0.15, -0.1) is 0 Å². The van der Waals surface area contributed by atoms with Crippen LogP contribution in [-0.2, 0) is 6.54 Å². The molecule has 0 aliphatic carbocycles. The molecule has 0 saturated heterocycles. The number of hydrogen-bond acceptors (Lipinski definition) is 4. The number of rotatable bonds is 5. The molecule has 5 nitrogen and oxygen atoms in total. The summed E-state index contributed by atoms with van der Waals surface area (Å²) in [6, 6.07) is 15.0. The van der Waals surface area contributed by atoms with E-state index in [1.165, 1.54) is 28.8 Å². The molecule has 0 N–H and O–H groups in total. The number of benzene rings is 2. The van der Waals surface area contributed by atoms with Gasteiger partial charge in [0.2, 0.25) is 0 Å². The molecule has 0 atom stereocenters. The Balaban J connectivity index is 1.72. The van der Waals surface area contributed by atoms with Gasteiger partial charge >= 0.3 is 5.76 Å². The first-order chi connectivity index (χ1) is 10.7. The quantitative estimate of drug-likeness (QED) is 0.727. The Morgan fingerprint density at radius 1 is 1.09 bits per heavy atom. The first-order valence-electron chi connectivity index (χ1n) is 6.74. The largest absolute Gasteiger partial charge is 0.492 e. The van der Waals surface area contributed by atoms with Gasteiger partial charge in [0.1, 0.15) is 18.2 Å². The molecule has 0 bridgehead atoms. The predicted octanol–water partition coefficient (Wildman–Crippen LogP) is 2.72. The molecule has 3 rings (SSSR count). The van der Waals surface area contributed by atoms with E-state index in [2.05, 4.69) is 5.16 Å². The minimum Gasteiger partial charge on any atom is -0.492 e. The molecule has 2 aromatic carbocycles. The molecule has 0 radical (unpaired) electrons. The van der Waals surface area contributed by atoms with E-state index in [1.807, 2.05) is 30.3 Å². The van der Waals surface area contributed by atoms with Crippen molar-refractivity contribution in [3.05, 3.63) is 71.0 Å². The van der Waals surface area contributed by atoms with Gasteiger partial charge in [-0.25, -0.2) is 9.18 Å². The van der Waals surface area contributed by atoms with Gasteiger partial charge in [-0.1, -0.05) is 35.5 Å². The third-order valence-electron chi connectivity index (χ3n) is 3.12. The second-order valence-electron chi connectivity index (χ2n) is 4.59. The molecule has 1 aromatic heterocycles. The van der Waals surface area contributed by atoms with Crippen molar-refractivity contribution in [2.24, 2.45) is 0 Å². The normalized spacial score (nSPS) is 10.6. The van der Waals surface area contributed by atoms with Crippen LogP contribution in [0, 0.1) is 5.82 Å². The van der Waals surface area contributed by atoms with E-state index in [-0.39, 0.29) is 19.0 Å². The number of nitrogens with zero attached hydrogens (tertiary/aromatic N) is 2. The van der Waals surface area contributed by atoms with E-state index in [0.29, 0.717) is 11.6 Å². The second-order valence-corrected chi connectivity index (χ2v) is 4.59. The van der Waals surface area contributed by atoms with Gasteiger partial charge in [0, 0.05) is 5.56 Å². The summed E-state index contributed by atoms with van der Waals surface area (Å²) < 4.78 is 24.4. The fraction of sp³-hybridized carbons (Fsp3) is 0.125. The Hall–Kier alpha value is -2.89. The van der Waals surface area contributed by atoms with Crippen molar-refractivity contribution in [2.45, 2.75) is 6.54 Å². The third-order valence-corrected chi connectivity index (χ3v) is 3.12. The summed E-state index contributed by atoms with van der Waals surface area (Å²) in [5.41, 5.74) is 0.787. The van der Waals surface area contributed by atoms with Gasteiger partial charge in [-0.05, 0) is 24.3 Å². The highest BCUT2D eigenvalue weighted by Crippen LogP contribution is 2.15.